The van der Waals surface area contributed by atoms with Gasteiger partial charge in [-0.1, -0.05) is 53.7 Å². The van der Waals surface area contributed by atoms with Gasteiger partial charge < -0.3 is 11.5 Å². The Morgan fingerprint density at radius 2 is 1.97 bits per heavy atom. The Bertz CT molecular complexity index is 1190. The van der Waals surface area contributed by atoms with Crippen LogP contribution in [0.2, 0.25) is 10.0 Å². The van der Waals surface area contributed by atoms with Gasteiger partial charge in [-0.3, -0.25) is 10.0 Å². The summed E-state index contributed by atoms with van der Waals surface area (Å²) in [5, 5.41) is 14.1. The van der Waals surface area contributed by atoms with Crippen molar-refractivity contribution >= 4 is 51.8 Å². The van der Waals surface area contributed by atoms with Crippen LogP contribution in [-0.4, -0.2) is 46.8 Å². The molecule has 36 heavy (non-hydrogen) atoms. The number of carbonyl (C=O) groups excluding carboxylic acids is 1. The zero-order valence-corrected chi connectivity index (χ0v) is 22.4. The van der Waals surface area contributed by atoms with Crippen molar-refractivity contribution in [1.29, 1.82) is 0 Å². The van der Waals surface area contributed by atoms with Crippen molar-refractivity contribution < 1.29 is 10.0 Å². The molecule has 1 saturated heterocycles. The summed E-state index contributed by atoms with van der Waals surface area (Å²) < 4.78 is 0. The fourth-order valence-corrected chi connectivity index (χ4v) is 4.89. The number of primary amides is 1. The highest BCUT2D eigenvalue weighted by Crippen LogP contribution is 2.31. The molecule has 0 aliphatic carbocycles. The second kappa shape index (κ2) is 13.8. The minimum Gasteiger partial charge on any atom is -0.394 e. The Morgan fingerprint density at radius 1 is 1.22 bits per heavy atom. The van der Waals surface area contributed by atoms with Crippen LogP contribution in [0.1, 0.15) is 48.8 Å². The van der Waals surface area contributed by atoms with E-state index in [0.29, 0.717) is 45.0 Å². The molecule has 8 nitrogen and oxygen atoms in total. The Kier molecular flexibility index (Phi) is 10.8. The summed E-state index contributed by atoms with van der Waals surface area (Å²) in [6.45, 7) is 3.47. The number of unbranched alkanes of at least 4 members (excludes halogenated alkanes) is 1. The van der Waals surface area contributed by atoms with Gasteiger partial charge in [0.1, 0.15) is 5.70 Å². The van der Waals surface area contributed by atoms with Crippen molar-refractivity contribution in [3.05, 3.63) is 61.4 Å². The van der Waals surface area contributed by atoms with Gasteiger partial charge in [0.25, 0.3) is 5.91 Å². The third-order valence-corrected chi connectivity index (χ3v) is 6.99. The number of halogens is 2. The topological polar surface area (TPSA) is 120 Å². The normalized spacial score (nSPS) is 15.4. The lowest BCUT2D eigenvalue weighted by Crippen LogP contribution is -2.51. The first-order chi connectivity index (χ1) is 17.3. The van der Waals surface area contributed by atoms with E-state index in [9.17, 15) is 10.0 Å². The van der Waals surface area contributed by atoms with Gasteiger partial charge in [0.2, 0.25) is 0 Å². The quantitative estimate of drug-likeness (QED) is 0.157. The lowest BCUT2D eigenvalue weighted by Gasteiger charge is -2.32. The summed E-state index contributed by atoms with van der Waals surface area (Å²) in [5.74, 6) is 5.48. The van der Waals surface area contributed by atoms with Gasteiger partial charge in [0.05, 0.1) is 26.2 Å². The summed E-state index contributed by atoms with van der Waals surface area (Å²) >= 11 is 13.9. The SMILES string of the molecule is CCCC#Cc1ccc(C(=Nc2ccc(Cl)cc2Cl)/C(CNN(O)N2CCCCC2)=C(\N)C(N)=O)s1. The molecule has 0 spiro atoms. The fraction of sp³-hybridized carbons (Fsp3) is 0.360. The lowest BCUT2D eigenvalue weighted by atomic mass is 10.1. The molecule has 2 aromatic rings. The minimum atomic E-state index is -0.802. The van der Waals surface area contributed by atoms with Gasteiger partial charge >= 0.3 is 0 Å². The van der Waals surface area contributed by atoms with Gasteiger partial charge in [-0.2, -0.15) is 0 Å². The van der Waals surface area contributed by atoms with Crippen molar-refractivity contribution in [3.63, 3.8) is 0 Å². The van der Waals surface area contributed by atoms with Crippen LogP contribution in [0.5, 0.6) is 0 Å². The zero-order valence-electron chi connectivity index (χ0n) is 20.1. The molecule has 0 saturated carbocycles. The van der Waals surface area contributed by atoms with Crippen LogP contribution in [0.3, 0.4) is 0 Å². The molecule has 0 atom stereocenters. The van der Waals surface area contributed by atoms with E-state index in [1.54, 1.807) is 23.2 Å². The van der Waals surface area contributed by atoms with Crippen LogP contribution < -0.4 is 16.9 Å². The number of nitrogens with two attached hydrogens (primary N) is 2. The number of amides is 1. The van der Waals surface area contributed by atoms with Crippen molar-refractivity contribution in [2.24, 2.45) is 16.5 Å². The van der Waals surface area contributed by atoms with Gasteiger partial charge in [-0.25, -0.2) is 15.4 Å². The van der Waals surface area contributed by atoms with Gasteiger partial charge in [-0.05, 0) is 49.6 Å². The minimum absolute atomic E-state index is 0.0133. The number of nitrogens with one attached hydrogen (secondary N) is 1. The van der Waals surface area contributed by atoms with E-state index in [-0.39, 0.29) is 12.2 Å². The first-order valence-electron chi connectivity index (χ1n) is 11.7. The monoisotopic (exact) mass is 548 g/mol. The smallest absolute Gasteiger partial charge is 0.264 e. The number of hydrazine groups is 2. The number of rotatable bonds is 9. The van der Waals surface area contributed by atoms with E-state index in [1.165, 1.54) is 11.3 Å². The molecule has 192 valence electrons. The second-order valence-electron chi connectivity index (χ2n) is 8.17. The predicted octanol–water partition coefficient (Wildman–Crippen LogP) is 4.62. The van der Waals surface area contributed by atoms with Gasteiger partial charge in [-0.15, -0.1) is 11.3 Å². The Hall–Kier alpha value is -2.42. The summed E-state index contributed by atoms with van der Waals surface area (Å²) in [6.07, 6.45) is 4.83. The first-order valence-corrected chi connectivity index (χ1v) is 13.3. The van der Waals surface area contributed by atoms with Crippen LogP contribution in [0, 0.1) is 11.8 Å². The van der Waals surface area contributed by atoms with Crippen LogP contribution >= 0.6 is 34.5 Å². The molecule has 0 radical (unpaired) electrons. The molecule has 6 N–H and O–H groups in total. The molecular weight excluding hydrogens is 519 g/mol. The average molecular weight is 550 g/mol. The van der Waals surface area contributed by atoms with Crippen LogP contribution in [-0.2, 0) is 4.79 Å². The summed E-state index contributed by atoms with van der Waals surface area (Å²) in [7, 11) is 0. The molecule has 3 rings (SSSR count). The zero-order chi connectivity index (χ0) is 26.1. The molecule has 1 aromatic heterocycles. The highest BCUT2D eigenvalue weighted by Gasteiger charge is 2.22. The van der Waals surface area contributed by atoms with Crippen LogP contribution in [0.25, 0.3) is 0 Å². The first kappa shape index (κ1) is 28.2. The fourth-order valence-electron chi connectivity index (χ4n) is 3.54. The third-order valence-electron chi connectivity index (χ3n) is 5.44. The van der Waals surface area contributed by atoms with Crippen molar-refractivity contribution in [3.8, 4) is 11.8 Å². The predicted molar refractivity (Wildman–Crippen MR) is 146 cm³/mol. The molecule has 11 heteroatoms. The maximum absolute atomic E-state index is 12.2. The Morgan fingerprint density at radius 3 is 2.64 bits per heavy atom. The van der Waals surface area contributed by atoms with E-state index < -0.39 is 5.91 Å². The average Bonchev–Trinajstić information content (AvgIpc) is 3.33. The number of carbonyl (C=O) groups is 1. The van der Waals surface area contributed by atoms with E-state index in [2.05, 4.69) is 24.2 Å². The number of benzene rings is 1. The Labute approximate surface area is 225 Å². The number of hydrogen-bond acceptors (Lipinski definition) is 8. The van der Waals surface area contributed by atoms with Crippen molar-refractivity contribution in [1.82, 2.24) is 15.7 Å². The molecule has 1 amide bonds. The molecule has 0 unspecified atom stereocenters. The maximum Gasteiger partial charge on any atom is 0.264 e. The second-order valence-corrected chi connectivity index (χ2v) is 10.1. The molecular formula is C25H30Cl2N6O2S. The maximum atomic E-state index is 12.2. The largest absolute Gasteiger partial charge is 0.394 e. The summed E-state index contributed by atoms with van der Waals surface area (Å²) in [4.78, 5) is 18.5. The Balaban J connectivity index is 2.04. The van der Waals surface area contributed by atoms with E-state index in [0.717, 1.165) is 42.3 Å². The number of nitrogens with zero attached hydrogens (tertiary/aromatic N) is 3. The highest BCUT2D eigenvalue weighted by atomic mass is 35.5. The summed E-state index contributed by atoms with van der Waals surface area (Å²) in [5.41, 5.74) is 15.6. The number of thiophene rings is 1. The molecule has 1 aliphatic heterocycles. The number of aliphatic imine (C=N–C) groups is 1. The molecule has 0 bridgehead atoms. The lowest BCUT2D eigenvalue weighted by molar-refractivity contribution is -0.284. The van der Waals surface area contributed by atoms with E-state index in [4.69, 9.17) is 39.7 Å². The highest BCUT2D eigenvalue weighted by molar-refractivity contribution is 7.14. The standard InChI is InChI=1S/C25H30Cl2N6O2S/c1-2-3-5-8-18-10-12-22(36-18)24(31-21-11-9-17(26)15-20(21)27)19(23(28)25(29)34)16-30-33(35)32-13-6-4-7-14-32/h9-12,15,30,35H,2-4,6-7,13-14,16,28H2,1H3,(H2,29,34)/b23-19-,31-24?. The summed E-state index contributed by atoms with van der Waals surface area (Å²) in [6, 6.07) is 8.68. The van der Waals surface area contributed by atoms with Gasteiger partial charge in [0.15, 0.2) is 0 Å². The molecule has 1 aromatic carbocycles. The van der Waals surface area contributed by atoms with Crippen molar-refractivity contribution in [2.45, 2.75) is 39.0 Å². The van der Waals surface area contributed by atoms with E-state index in [1.807, 2.05) is 12.1 Å². The van der Waals surface area contributed by atoms with E-state index >= 15 is 0 Å². The van der Waals surface area contributed by atoms with Gasteiger partial charge in [0, 0.05) is 36.7 Å². The third kappa shape index (κ3) is 7.79. The molecule has 2 heterocycles. The number of hydrogen-bond donors (Lipinski definition) is 4. The van der Waals surface area contributed by atoms with Crippen molar-refractivity contribution in [2.75, 3.05) is 19.6 Å². The van der Waals surface area contributed by atoms with Crippen LogP contribution in [0.4, 0.5) is 5.69 Å². The number of piperidine rings is 1. The molecule has 1 fully saturated rings. The molecule has 1 aliphatic rings. The van der Waals surface area contributed by atoms with Crippen LogP contribution in [0.15, 0.2) is 46.6 Å².